The highest BCUT2D eigenvalue weighted by Gasteiger charge is 2.25. The first kappa shape index (κ1) is 12.1. The van der Waals surface area contributed by atoms with Gasteiger partial charge in [-0.05, 0) is 19.3 Å². The summed E-state index contributed by atoms with van der Waals surface area (Å²) in [5.41, 5.74) is 7.07. The van der Waals surface area contributed by atoms with E-state index in [0.717, 1.165) is 30.4 Å². The number of nitrogen functional groups attached to an aromatic ring is 1. The molecular formula is C10H14ClN5O. The standard InChI is InChI=1S/C10H13N5O.ClH/c11-10-12-4-8-9(14-10)15(5-13-8)6-1-2-7(16)3-6;/h4-7,16H,1-3H2,(H2,11,12,14);1H. The molecule has 3 rings (SSSR count). The molecular weight excluding hydrogens is 242 g/mol. The van der Waals surface area contributed by atoms with Crippen LogP contribution in [-0.4, -0.2) is 30.7 Å². The summed E-state index contributed by atoms with van der Waals surface area (Å²) in [5.74, 6) is 0.257. The molecule has 2 heterocycles. The maximum absolute atomic E-state index is 9.53. The number of aliphatic hydroxyl groups excluding tert-OH is 1. The van der Waals surface area contributed by atoms with Crippen molar-refractivity contribution in [3.05, 3.63) is 12.5 Å². The second-order valence-corrected chi connectivity index (χ2v) is 4.21. The third-order valence-electron chi connectivity index (χ3n) is 3.11. The van der Waals surface area contributed by atoms with E-state index in [2.05, 4.69) is 15.0 Å². The zero-order valence-corrected chi connectivity index (χ0v) is 9.97. The fraction of sp³-hybridized carbons (Fsp3) is 0.500. The Kier molecular flexibility index (Phi) is 3.17. The highest BCUT2D eigenvalue weighted by Crippen LogP contribution is 2.31. The van der Waals surface area contributed by atoms with Crippen molar-refractivity contribution in [2.75, 3.05) is 5.73 Å². The van der Waals surface area contributed by atoms with E-state index in [1.54, 1.807) is 12.5 Å². The van der Waals surface area contributed by atoms with Gasteiger partial charge in [-0.3, -0.25) is 0 Å². The number of hydrogen-bond donors (Lipinski definition) is 2. The van der Waals surface area contributed by atoms with Crippen molar-refractivity contribution in [1.82, 2.24) is 19.5 Å². The average Bonchev–Trinajstić information content (AvgIpc) is 2.83. The summed E-state index contributed by atoms with van der Waals surface area (Å²) in [6.45, 7) is 0. The van der Waals surface area contributed by atoms with E-state index in [1.807, 2.05) is 4.57 Å². The van der Waals surface area contributed by atoms with E-state index >= 15 is 0 Å². The third-order valence-corrected chi connectivity index (χ3v) is 3.11. The number of nitrogens with zero attached hydrogens (tertiary/aromatic N) is 4. The van der Waals surface area contributed by atoms with Crippen LogP contribution in [0.4, 0.5) is 5.95 Å². The number of halogens is 1. The molecule has 1 aliphatic carbocycles. The normalized spacial score (nSPS) is 23.8. The van der Waals surface area contributed by atoms with E-state index in [0.29, 0.717) is 0 Å². The van der Waals surface area contributed by atoms with E-state index in [9.17, 15) is 5.11 Å². The molecule has 2 unspecified atom stereocenters. The summed E-state index contributed by atoms with van der Waals surface area (Å²) in [4.78, 5) is 12.3. The van der Waals surface area contributed by atoms with Gasteiger partial charge in [0, 0.05) is 6.04 Å². The molecule has 0 spiro atoms. The van der Waals surface area contributed by atoms with E-state index in [-0.39, 0.29) is 30.5 Å². The second kappa shape index (κ2) is 4.46. The molecule has 0 aliphatic heterocycles. The topological polar surface area (TPSA) is 89.8 Å². The highest BCUT2D eigenvalue weighted by atomic mass is 35.5. The van der Waals surface area contributed by atoms with Gasteiger partial charge in [-0.1, -0.05) is 0 Å². The van der Waals surface area contributed by atoms with Crippen molar-refractivity contribution in [2.24, 2.45) is 0 Å². The Balaban J connectivity index is 0.00000108. The first-order chi connectivity index (χ1) is 7.74. The highest BCUT2D eigenvalue weighted by molar-refractivity contribution is 5.85. The molecule has 1 saturated carbocycles. The molecule has 2 aromatic heterocycles. The fourth-order valence-electron chi connectivity index (χ4n) is 2.29. The van der Waals surface area contributed by atoms with E-state index in [1.165, 1.54) is 0 Å². The number of imidazole rings is 1. The van der Waals surface area contributed by atoms with Crippen LogP contribution in [-0.2, 0) is 0 Å². The van der Waals surface area contributed by atoms with Crippen LogP contribution in [0, 0.1) is 0 Å². The molecule has 7 heteroatoms. The molecule has 1 aliphatic rings. The number of aromatic nitrogens is 4. The lowest BCUT2D eigenvalue weighted by atomic mass is 10.2. The molecule has 92 valence electrons. The number of fused-ring (bicyclic) bond motifs is 1. The summed E-state index contributed by atoms with van der Waals surface area (Å²) < 4.78 is 1.99. The van der Waals surface area contributed by atoms with E-state index < -0.39 is 0 Å². The molecule has 2 aromatic rings. The third kappa shape index (κ3) is 2.05. The lowest BCUT2D eigenvalue weighted by Crippen LogP contribution is -2.07. The maximum atomic E-state index is 9.53. The first-order valence-corrected chi connectivity index (χ1v) is 5.37. The van der Waals surface area contributed by atoms with Gasteiger partial charge < -0.3 is 15.4 Å². The largest absolute Gasteiger partial charge is 0.393 e. The van der Waals surface area contributed by atoms with Gasteiger partial charge >= 0.3 is 0 Å². The predicted molar refractivity (Wildman–Crippen MR) is 65.9 cm³/mol. The van der Waals surface area contributed by atoms with Crippen LogP contribution in [0.2, 0.25) is 0 Å². The van der Waals surface area contributed by atoms with Gasteiger partial charge in [0.25, 0.3) is 0 Å². The Morgan fingerprint density at radius 1 is 1.35 bits per heavy atom. The van der Waals surface area contributed by atoms with Crippen molar-refractivity contribution >= 4 is 29.5 Å². The van der Waals surface area contributed by atoms with Crippen LogP contribution in [0.5, 0.6) is 0 Å². The summed E-state index contributed by atoms with van der Waals surface area (Å²) >= 11 is 0. The average molecular weight is 256 g/mol. The fourth-order valence-corrected chi connectivity index (χ4v) is 2.29. The SMILES string of the molecule is Cl.Nc1ncc2ncn(C3CCC(O)C3)c2n1. The minimum absolute atomic E-state index is 0. The van der Waals surface area contributed by atoms with Crippen molar-refractivity contribution in [1.29, 1.82) is 0 Å². The van der Waals surface area contributed by atoms with Crippen molar-refractivity contribution in [3.8, 4) is 0 Å². The Hall–Kier alpha value is -1.40. The van der Waals surface area contributed by atoms with Crippen LogP contribution in [0.25, 0.3) is 11.2 Å². The smallest absolute Gasteiger partial charge is 0.222 e. The molecule has 0 aromatic carbocycles. The molecule has 1 fully saturated rings. The van der Waals surface area contributed by atoms with Crippen LogP contribution >= 0.6 is 12.4 Å². The zero-order valence-electron chi connectivity index (χ0n) is 9.15. The van der Waals surface area contributed by atoms with Gasteiger partial charge in [-0.25, -0.2) is 9.97 Å². The number of hydrogen-bond acceptors (Lipinski definition) is 5. The Morgan fingerprint density at radius 3 is 2.88 bits per heavy atom. The van der Waals surface area contributed by atoms with Gasteiger partial charge in [0.05, 0.1) is 18.6 Å². The number of rotatable bonds is 1. The summed E-state index contributed by atoms with van der Waals surface area (Å²) in [6, 6.07) is 0.272. The molecule has 2 atom stereocenters. The molecule has 0 radical (unpaired) electrons. The van der Waals surface area contributed by atoms with E-state index in [4.69, 9.17) is 5.73 Å². The number of aliphatic hydroxyl groups is 1. The lowest BCUT2D eigenvalue weighted by Gasteiger charge is -2.11. The summed E-state index contributed by atoms with van der Waals surface area (Å²) in [5, 5.41) is 9.53. The van der Waals surface area contributed by atoms with Gasteiger partial charge in [-0.2, -0.15) is 4.98 Å². The Morgan fingerprint density at radius 2 is 2.18 bits per heavy atom. The molecule has 3 N–H and O–H groups in total. The quantitative estimate of drug-likeness (QED) is 0.791. The summed E-state index contributed by atoms with van der Waals surface area (Å²) in [6.07, 6.45) is 5.72. The van der Waals surface area contributed by atoms with Crippen LogP contribution in [0.15, 0.2) is 12.5 Å². The Labute approximate surface area is 104 Å². The minimum Gasteiger partial charge on any atom is -0.393 e. The molecule has 0 amide bonds. The first-order valence-electron chi connectivity index (χ1n) is 5.37. The van der Waals surface area contributed by atoms with Crippen molar-refractivity contribution in [3.63, 3.8) is 0 Å². The van der Waals surface area contributed by atoms with Gasteiger partial charge in [0.2, 0.25) is 5.95 Å². The minimum atomic E-state index is -0.207. The maximum Gasteiger partial charge on any atom is 0.222 e. The molecule has 6 nitrogen and oxygen atoms in total. The second-order valence-electron chi connectivity index (χ2n) is 4.21. The molecule has 0 saturated heterocycles. The van der Waals surface area contributed by atoms with Gasteiger partial charge in [0.1, 0.15) is 5.52 Å². The summed E-state index contributed by atoms with van der Waals surface area (Å²) in [7, 11) is 0. The zero-order chi connectivity index (χ0) is 11.1. The lowest BCUT2D eigenvalue weighted by molar-refractivity contribution is 0.178. The van der Waals surface area contributed by atoms with Gasteiger partial charge in [0.15, 0.2) is 5.65 Å². The van der Waals surface area contributed by atoms with Crippen LogP contribution < -0.4 is 5.73 Å². The Bertz CT molecular complexity index is 528. The van der Waals surface area contributed by atoms with Crippen LogP contribution in [0.1, 0.15) is 25.3 Å². The van der Waals surface area contributed by atoms with Crippen molar-refractivity contribution in [2.45, 2.75) is 31.4 Å². The molecule has 0 bridgehead atoms. The molecule has 17 heavy (non-hydrogen) atoms. The number of nitrogens with two attached hydrogens (primary N) is 1. The predicted octanol–water partition coefficient (Wildman–Crippen LogP) is 0.916. The van der Waals surface area contributed by atoms with Crippen LogP contribution in [0.3, 0.4) is 0 Å². The monoisotopic (exact) mass is 255 g/mol. The van der Waals surface area contributed by atoms with Gasteiger partial charge in [-0.15, -0.1) is 12.4 Å². The number of anilines is 1. The van der Waals surface area contributed by atoms with Crippen molar-refractivity contribution < 1.29 is 5.11 Å².